The molecule has 0 N–H and O–H groups in total. The molecule has 3 heterocycles. The summed E-state index contributed by atoms with van der Waals surface area (Å²) in [5.74, 6) is -1.95. The molecule has 2 aliphatic rings. The summed E-state index contributed by atoms with van der Waals surface area (Å²) in [7, 11) is 0. The highest BCUT2D eigenvalue weighted by molar-refractivity contribution is 8.01. The Hall–Kier alpha value is -2.21. The Bertz CT molecular complexity index is 804. The number of ether oxygens (including phenoxy) is 2. The third-order valence-electron chi connectivity index (χ3n) is 4.58. The average molecular weight is 469 g/mol. The highest BCUT2D eigenvalue weighted by Crippen LogP contribution is 2.33. The molecular weight excluding hydrogens is 444 g/mol. The van der Waals surface area contributed by atoms with E-state index in [-0.39, 0.29) is 23.2 Å². The number of carbonyl (C=O) groups is 4. The summed E-state index contributed by atoms with van der Waals surface area (Å²) in [5, 5.41) is -0.920. The summed E-state index contributed by atoms with van der Waals surface area (Å²) in [5.41, 5.74) is 0. The maximum atomic E-state index is 11.9. The summed E-state index contributed by atoms with van der Waals surface area (Å²) >= 11 is 2.07. The summed E-state index contributed by atoms with van der Waals surface area (Å²) in [6, 6.07) is 0. The van der Waals surface area contributed by atoms with Crippen LogP contribution in [0.4, 0.5) is 5.95 Å². The number of carbonyl (C=O) groups excluding carboxylic acids is 4. The predicted octanol–water partition coefficient (Wildman–Crippen LogP) is 2.15. The van der Waals surface area contributed by atoms with E-state index < -0.39 is 34.4 Å². The van der Waals surface area contributed by atoms with E-state index in [2.05, 4.69) is 43.2 Å². The van der Waals surface area contributed by atoms with Gasteiger partial charge in [0.05, 0.1) is 12.8 Å². The lowest BCUT2D eigenvalue weighted by Gasteiger charge is -2.23. The summed E-state index contributed by atoms with van der Waals surface area (Å²) in [6.07, 6.45) is 3.81. The van der Waals surface area contributed by atoms with Gasteiger partial charge in [0, 0.05) is 13.1 Å². The number of aromatic nitrogens is 3. The van der Waals surface area contributed by atoms with E-state index in [0.717, 1.165) is 62.3 Å². The van der Waals surface area contributed by atoms with Crippen molar-refractivity contribution in [3.63, 3.8) is 0 Å². The van der Waals surface area contributed by atoms with Crippen LogP contribution < -0.4 is 4.90 Å². The van der Waals surface area contributed by atoms with E-state index in [0.29, 0.717) is 5.95 Å². The normalized spacial score (nSPS) is 20.8. The van der Waals surface area contributed by atoms with Gasteiger partial charge in [0.2, 0.25) is 5.95 Å². The Morgan fingerprint density at radius 1 is 0.806 bits per heavy atom. The molecule has 2 aliphatic heterocycles. The molecule has 2 fully saturated rings. The maximum Gasteiger partial charge on any atom is 0.327 e. The maximum absolute atomic E-state index is 11.9. The molecule has 12 heteroatoms. The summed E-state index contributed by atoms with van der Waals surface area (Å²) in [4.78, 5) is 62.1. The highest BCUT2D eigenvalue weighted by Gasteiger charge is 2.37. The molecule has 0 bridgehead atoms. The Kier molecular flexibility index (Phi) is 8.24. The number of esters is 4. The fourth-order valence-corrected chi connectivity index (χ4v) is 4.77. The molecule has 0 aliphatic carbocycles. The molecule has 0 aromatic carbocycles. The zero-order valence-corrected chi connectivity index (χ0v) is 19.0. The number of hydrogen-bond donors (Lipinski definition) is 0. The molecule has 0 amide bonds. The molecule has 3 rings (SSSR count). The van der Waals surface area contributed by atoms with E-state index >= 15 is 0 Å². The molecular formula is C19H24N4O6S2. The zero-order valence-electron chi connectivity index (χ0n) is 17.4. The first-order valence-electron chi connectivity index (χ1n) is 10.2. The van der Waals surface area contributed by atoms with Crippen LogP contribution in [-0.2, 0) is 28.7 Å². The predicted molar refractivity (Wildman–Crippen MR) is 113 cm³/mol. The number of unbranched alkanes of at least 4 members (excludes halogenated alkanes) is 2. The van der Waals surface area contributed by atoms with Crippen molar-refractivity contribution < 1.29 is 28.7 Å². The number of hydrogen-bond acceptors (Lipinski definition) is 12. The lowest BCUT2D eigenvalue weighted by molar-refractivity contribution is -0.153. The standard InChI is InChI=1S/C19H24N4O6S2/c1-3-5-7-23(8-6-4-2)17-20-18(30-11-9-13(24)28-15(11)26)22-19(21-17)31-12-10-14(25)29-16(12)27/h11-12H,3-10H2,1-2H3. The molecule has 2 saturated heterocycles. The van der Waals surface area contributed by atoms with Crippen molar-refractivity contribution >= 4 is 53.3 Å². The third kappa shape index (κ3) is 6.39. The SMILES string of the molecule is CCCCN(CCCC)c1nc(SC2CC(=O)OC2=O)nc(SC2CC(=O)OC2=O)n1. The van der Waals surface area contributed by atoms with Crippen LogP contribution in [0.5, 0.6) is 0 Å². The molecule has 168 valence electrons. The average Bonchev–Trinajstić information content (AvgIpc) is 3.20. The van der Waals surface area contributed by atoms with Gasteiger partial charge in [0.25, 0.3) is 0 Å². The van der Waals surface area contributed by atoms with Crippen LogP contribution in [0.1, 0.15) is 52.4 Å². The van der Waals surface area contributed by atoms with Crippen LogP contribution >= 0.6 is 23.5 Å². The Labute approximate surface area is 188 Å². The van der Waals surface area contributed by atoms with E-state index in [1.807, 2.05) is 0 Å². The Morgan fingerprint density at radius 2 is 1.26 bits per heavy atom. The van der Waals surface area contributed by atoms with Crippen LogP contribution in [0.2, 0.25) is 0 Å². The topological polar surface area (TPSA) is 129 Å². The van der Waals surface area contributed by atoms with E-state index in [9.17, 15) is 19.2 Å². The van der Waals surface area contributed by atoms with Crippen LogP contribution in [0.3, 0.4) is 0 Å². The second-order valence-corrected chi connectivity index (χ2v) is 9.44. The molecule has 1 aromatic rings. The van der Waals surface area contributed by atoms with Gasteiger partial charge in [0.15, 0.2) is 10.3 Å². The third-order valence-corrected chi connectivity index (χ3v) is 6.66. The number of rotatable bonds is 11. The minimum absolute atomic E-state index is 0.0498. The van der Waals surface area contributed by atoms with Crippen molar-refractivity contribution in [3.8, 4) is 0 Å². The number of thioether (sulfide) groups is 2. The van der Waals surface area contributed by atoms with Gasteiger partial charge in [-0.1, -0.05) is 50.2 Å². The first-order chi connectivity index (χ1) is 14.9. The fourth-order valence-electron chi connectivity index (χ4n) is 2.93. The van der Waals surface area contributed by atoms with Crippen LogP contribution in [0, 0.1) is 0 Å². The van der Waals surface area contributed by atoms with Crippen molar-refractivity contribution in [1.29, 1.82) is 0 Å². The lowest BCUT2D eigenvalue weighted by Crippen LogP contribution is -2.28. The molecule has 0 spiro atoms. The van der Waals surface area contributed by atoms with Gasteiger partial charge in [-0.25, -0.2) is 0 Å². The smallest absolute Gasteiger partial charge is 0.327 e. The van der Waals surface area contributed by atoms with Crippen LogP contribution in [-0.4, -0.2) is 62.4 Å². The number of nitrogens with zero attached hydrogens (tertiary/aromatic N) is 4. The van der Waals surface area contributed by atoms with Crippen molar-refractivity contribution in [2.75, 3.05) is 18.0 Å². The number of anilines is 1. The zero-order chi connectivity index (χ0) is 22.4. The van der Waals surface area contributed by atoms with Crippen molar-refractivity contribution in [3.05, 3.63) is 0 Å². The first-order valence-corrected chi connectivity index (χ1v) is 12.0. The molecule has 0 saturated carbocycles. The van der Waals surface area contributed by atoms with Gasteiger partial charge in [0.1, 0.15) is 10.5 Å². The molecule has 2 unspecified atom stereocenters. The van der Waals surface area contributed by atoms with Gasteiger partial charge < -0.3 is 14.4 Å². The second kappa shape index (κ2) is 10.9. The lowest BCUT2D eigenvalue weighted by atomic mass is 10.3. The molecule has 31 heavy (non-hydrogen) atoms. The van der Waals surface area contributed by atoms with Gasteiger partial charge in [-0.3, -0.25) is 19.2 Å². The monoisotopic (exact) mass is 468 g/mol. The van der Waals surface area contributed by atoms with Crippen LogP contribution in [0.15, 0.2) is 10.3 Å². The van der Waals surface area contributed by atoms with Gasteiger partial charge in [-0.2, -0.15) is 15.0 Å². The van der Waals surface area contributed by atoms with E-state index in [1.165, 1.54) is 0 Å². The highest BCUT2D eigenvalue weighted by atomic mass is 32.2. The first kappa shape index (κ1) is 23.5. The number of cyclic esters (lactones) is 4. The van der Waals surface area contributed by atoms with Crippen molar-refractivity contribution in [2.45, 2.75) is 73.2 Å². The van der Waals surface area contributed by atoms with Crippen molar-refractivity contribution in [2.24, 2.45) is 0 Å². The summed E-state index contributed by atoms with van der Waals surface area (Å²) in [6.45, 7) is 5.70. The largest absolute Gasteiger partial charge is 0.392 e. The Balaban J connectivity index is 1.88. The van der Waals surface area contributed by atoms with Gasteiger partial charge in [-0.15, -0.1) is 0 Å². The minimum atomic E-state index is -0.724. The van der Waals surface area contributed by atoms with Crippen molar-refractivity contribution in [1.82, 2.24) is 15.0 Å². The van der Waals surface area contributed by atoms with Gasteiger partial charge in [-0.05, 0) is 12.8 Å². The molecule has 1 aromatic heterocycles. The quantitative estimate of drug-likeness (QED) is 0.348. The molecule has 10 nitrogen and oxygen atoms in total. The van der Waals surface area contributed by atoms with Gasteiger partial charge >= 0.3 is 23.9 Å². The second-order valence-electron chi connectivity index (χ2n) is 7.10. The van der Waals surface area contributed by atoms with E-state index in [4.69, 9.17) is 0 Å². The molecule has 0 radical (unpaired) electrons. The summed E-state index contributed by atoms with van der Waals surface area (Å²) < 4.78 is 9.22. The minimum Gasteiger partial charge on any atom is -0.392 e. The molecule has 2 atom stereocenters. The van der Waals surface area contributed by atoms with E-state index in [1.54, 1.807) is 0 Å². The fraction of sp³-hybridized carbons (Fsp3) is 0.632. The van der Waals surface area contributed by atoms with Crippen LogP contribution in [0.25, 0.3) is 0 Å². The Morgan fingerprint density at radius 3 is 1.61 bits per heavy atom.